The lowest BCUT2D eigenvalue weighted by Gasteiger charge is -2.24. The van der Waals surface area contributed by atoms with Crippen molar-refractivity contribution in [2.24, 2.45) is 0 Å². The molecule has 0 bridgehead atoms. The highest BCUT2D eigenvalue weighted by Gasteiger charge is 2.26. The lowest BCUT2D eigenvalue weighted by molar-refractivity contribution is -0.198. The van der Waals surface area contributed by atoms with Gasteiger partial charge in [0, 0.05) is 0 Å². The van der Waals surface area contributed by atoms with Crippen LogP contribution in [0, 0.1) is 0 Å². The Hall–Kier alpha value is -0.0151. The molecule has 10 heavy (non-hydrogen) atoms. The van der Waals surface area contributed by atoms with E-state index in [1.807, 2.05) is 6.92 Å². The zero-order chi connectivity index (χ0) is 7.61. The van der Waals surface area contributed by atoms with E-state index in [0.717, 1.165) is 12.7 Å². The van der Waals surface area contributed by atoms with Crippen LogP contribution in [0.25, 0.3) is 0 Å². The molecule has 57 valence electrons. The summed E-state index contributed by atoms with van der Waals surface area (Å²) in [5.74, 6) is -0.921. The van der Waals surface area contributed by atoms with Gasteiger partial charge in [-0.15, -0.1) is 0 Å². The average Bonchev–Trinajstić information content (AvgIpc) is 1.90. The minimum absolute atomic E-state index is 0.189. The van der Waals surface area contributed by atoms with Crippen molar-refractivity contribution in [1.29, 1.82) is 0 Å². The smallest absolute Gasteiger partial charge is 0.155 e. The molecule has 0 spiro atoms. The lowest BCUT2D eigenvalue weighted by Crippen LogP contribution is -2.30. The van der Waals surface area contributed by atoms with E-state index in [1.165, 1.54) is 0 Å². The Bertz CT molecular complexity index is 114. The summed E-state index contributed by atoms with van der Waals surface area (Å²) in [4.78, 5) is 0. The van der Waals surface area contributed by atoms with Gasteiger partial charge in [-0.2, -0.15) is 0 Å². The van der Waals surface area contributed by atoms with Gasteiger partial charge in [-0.25, -0.2) is 0 Å². The monoisotopic (exact) mass is 141 g/mol. The van der Waals surface area contributed by atoms with Crippen LogP contribution in [-0.4, -0.2) is 24.3 Å². The number of rotatable bonds is 0. The highest BCUT2D eigenvalue weighted by Crippen LogP contribution is 2.21. The predicted molar refractivity (Wildman–Crippen MR) is 41.2 cm³/mol. The third kappa shape index (κ3) is 2.31. The van der Waals surface area contributed by atoms with Crippen molar-refractivity contribution in [3.05, 3.63) is 0 Å². The van der Waals surface area contributed by atoms with Crippen LogP contribution in [0.2, 0.25) is 12.6 Å². The summed E-state index contributed by atoms with van der Waals surface area (Å²) in [6, 6.07) is 0. The quantitative estimate of drug-likeness (QED) is 0.510. The Morgan fingerprint density at radius 2 is 2.40 bits per heavy atom. The van der Waals surface area contributed by atoms with Gasteiger partial charge in [0.15, 0.2) is 5.79 Å². The fourth-order valence-electron chi connectivity index (χ4n) is 1.26. The largest absolute Gasteiger partial charge is 0.366 e. The summed E-state index contributed by atoms with van der Waals surface area (Å²) in [7, 11) is 2.09. The Kier molecular flexibility index (Phi) is 2.37. The molecule has 1 heterocycles. The van der Waals surface area contributed by atoms with Crippen molar-refractivity contribution in [1.82, 2.24) is 0 Å². The highest BCUT2D eigenvalue weighted by atomic mass is 16.6. The molecule has 0 amide bonds. The van der Waals surface area contributed by atoms with Crippen LogP contribution in [0.15, 0.2) is 0 Å². The summed E-state index contributed by atoms with van der Waals surface area (Å²) in [6.45, 7) is 3.71. The van der Waals surface area contributed by atoms with Gasteiger partial charge in [0.05, 0.1) is 6.10 Å². The summed E-state index contributed by atoms with van der Waals surface area (Å²) in [5, 5.41) is 9.47. The second kappa shape index (κ2) is 2.93. The molecule has 1 aliphatic heterocycles. The fraction of sp³-hybridized carbons (Fsp3) is 1.00. The Labute approximate surface area is 62.8 Å². The molecule has 0 aromatic heterocycles. The summed E-state index contributed by atoms with van der Waals surface area (Å²) in [6.07, 6.45) is 2.92. The zero-order valence-corrected chi connectivity index (χ0v) is 6.63. The van der Waals surface area contributed by atoms with Gasteiger partial charge in [0.1, 0.15) is 7.28 Å². The van der Waals surface area contributed by atoms with Gasteiger partial charge in [-0.3, -0.25) is 0 Å². The van der Waals surface area contributed by atoms with E-state index in [2.05, 4.69) is 7.28 Å². The van der Waals surface area contributed by atoms with Gasteiger partial charge in [0.25, 0.3) is 0 Å². The van der Waals surface area contributed by atoms with E-state index in [4.69, 9.17) is 4.74 Å². The van der Waals surface area contributed by atoms with Gasteiger partial charge >= 0.3 is 0 Å². The molecule has 1 aliphatic rings. The Balaban J connectivity index is 2.46. The Morgan fingerprint density at radius 1 is 1.70 bits per heavy atom. The van der Waals surface area contributed by atoms with E-state index < -0.39 is 5.79 Å². The number of hydrogen-bond donors (Lipinski definition) is 1. The van der Waals surface area contributed by atoms with Crippen LogP contribution in [0.1, 0.15) is 20.3 Å². The summed E-state index contributed by atoms with van der Waals surface area (Å²) >= 11 is 0. The van der Waals surface area contributed by atoms with Crippen molar-refractivity contribution in [3.8, 4) is 0 Å². The SMILES string of the molecule is CC1CC[B]CC(C)(O)O1. The third-order valence-electron chi connectivity index (χ3n) is 1.76. The number of ether oxygens (including phenoxy) is 1. The molecule has 2 unspecified atom stereocenters. The topological polar surface area (TPSA) is 29.5 Å². The van der Waals surface area contributed by atoms with Crippen LogP contribution in [0.3, 0.4) is 0 Å². The second-order valence-corrected chi connectivity index (χ2v) is 3.17. The maximum atomic E-state index is 9.47. The van der Waals surface area contributed by atoms with E-state index in [1.54, 1.807) is 6.92 Å². The van der Waals surface area contributed by atoms with Crippen LogP contribution in [-0.2, 0) is 4.74 Å². The maximum absolute atomic E-state index is 9.47. The molecule has 1 rings (SSSR count). The van der Waals surface area contributed by atoms with Gasteiger partial charge in [0.2, 0.25) is 0 Å². The molecule has 3 heteroatoms. The molecular weight excluding hydrogens is 127 g/mol. The normalized spacial score (nSPS) is 42.1. The molecule has 1 saturated heterocycles. The molecule has 0 aliphatic carbocycles. The predicted octanol–water partition coefficient (Wildman–Crippen LogP) is 1.04. The minimum Gasteiger partial charge on any atom is -0.366 e. The fourth-order valence-corrected chi connectivity index (χ4v) is 1.26. The minimum atomic E-state index is -0.921. The molecule has 2 atom stereocenters. The Morgan fingerprint density at radius 3 is 3.10 bits per heavy atom. The first-order valence-corrected chi connectivity index (χ1v) is 3.82. The standard InChI is InChI=1S/C7H14BO2/c1-6-3-4-8-5-7(2,9)10-6/h6,9H,3-5H2,1-2H3. The second-order valence-electron chi connectivity index (χ2n) is 3.17. The highest BCUT2D eigenvalue weighted by molar-refractivity contribution is 6.35. The molecule has 0 aromatic carbocycles. The zero-order valence-electron chi connectivity index (χ0n) is 6.63. The first-order chi connectivity index (χ1) is 4.60. The van der Waals surface area contributed by atoms with Crippen molar-refractivity contribution < 1.29 is 9.84 Å². The summed E-state index contributed by atoms with van der Waals surface area (Å²) < 4.78 is 5.32. The van der Waals surface area contributed by atoms with Crippen LogP contribution in [0.5, 0.6) is 0 Å². The van der Waals surface area contributed by atoms with E-state index in [0.29, 0.717) is 6.32 Å². The molecule has 2 nitrogen and oxygen atoms in total. The molecule has 1 N–H and O–H groups in total. The van der Waals surface area contributed by atoms with Gasteiger partial charge < -0.3 is 9.84 Å². The van der Waals surface area contributed by atoms with Crippen LogP contribution < -0.4 is 0 Å². The number of hydrogen-bond acceptors (Lipinski definition) is 2. The van der Waals surface area contributed by atoms with Crippen molar-refractivity contribution in [3.63, 3.8) is 0 Å². The molecular formula is C7H14BO2. The van der Waals surface area contributed by atoms with Crippen molar-refractivity contribution in [2.45, 2.75) is 44.8 Å². The third-order valence-corrected chi connectivity index (χ3v) is 1.76. The van der Waals surface area contributed by atoms with E-state index in [-0.39, 0.29) is 6.10 Å². The van der Waals surface area contributed by atoms with E-state index >= 15 is 0 Å². The summed E-state index contributed by atoms with van der Waals surface area (Å²) in [5.41, 5.74) is 0. The van der Waals surface area contributed by atoms with Gasteiger partial charge in [-0.1, -0.05) is 6.32 Å². The van der Waals surface area contributed by atoms with Gasteiger partial charge in [-0.05, 0) is 26.6 Å². The maximum Gasteiger partial charge on any atom is 0.155 e. The first-order valence-electron chi connectivity index (χ1n) is 3.82. The first kappa shape index (κ1) is 8.09. The van der Waals surface area contributed by atoms with Crippen molar-refractivity contribution >= 4 is 7.28 Å². The van der Waals surface area contributed by atoms with Crippen LogP contribution >= 0.6 is 0 Å². The lowest BCUT2D eigenvalue weighted by atomic mass is 9.68. The molecule has 1 fully saturated rings. The average molecular weight is 141 g/mol. The van der Waals surface area contributed by atoms with E-state index in [9.17, 15) is 5.11 Å². The number of aliphatic hydroxyl groups is 1. The molecule has 0 aromatic rings. The molecule has 0 saturated carbocycles. The van der Waals surface area contributed by atoms with Crippen LogP contribution in [0.4, 0.5) is 0 Å². The van der Waals surface area contributed by atoms with Crippen molar-refractivity contribution in [2.75, 3.05) is 0 Å². The molecule has 1 radical (unpaired) electrons.